The Morgan fingerprint density at radius 1 is 1.29 bits per heavy atom. The van der Waals surface area contributed by atoms with E-state index in [4.69, 9.17) is 5.73 Å². The van der Waals surface area contributed by atoms with E-state index in [2.05, 4.69) is 20.7 Å². The maximum absolute atomic E-state index is 13.9. The maximum atomic E-state index is 13.9. The summed E-state index contributed by atoms with van der Waals surface area (Å²) >= 11 is 3.05. The number of aliphatic hydroxyl groups is 1. The molecule has 4 N–H and O–H groups in total. The van der Waals surface area contributed by atoms with Crippen molar-refractivity contribution in [1.29, 1.82) is 0 Å². The third-order valence-electron chi connectivity index (χ3n) is 3.63. The van der Waals surface area contributed by atoms with Gasteiger partial charge in [-0.3, -0.25) is 0 Å². The van der Waals surface area contributed by atoms with E-state index in [-0.39, 0.29) is 5.69 Å². The largest absolute Gasteiger partial charge is 0.398 e. The van der Waals surface area contributed by atoms with E-state index in [9.17, 15) is 17.9 Å². The lowest BCUT2D eigenvalue weighted by Crippen LogP contribution is -2.42. The Hall–Kier alpha value is -0.700. The van der Waals surface area contributed by atoms with Crippen LogP contribution in [0.1, 0.15) is 32.1 Å². The molecule has 1 aliphatic rings. The van der Waals surface area contributed by atoms with E-state index < -0.39 is 32.9 Å². The van der Waals surface area contributed by atoms with Crippen molar-refractivity contribution in [3.8, 4) is 0 Å². The molecule has 1 aliphatic carbocycles. The lowest BCUT2D eigenvalue weighted by molar-refractivity contribution is 0.130. The average molecular weight is 381 g/mol. The normalized spacial score (nSPS) is 23.8. The highest BCUT2D eigenvalue weighted by molar-refractivity contribution is 9.10. The van der Waals surface area contributed by atoms with Crippen molar-refractivity contribution < 1.29 is 17.9 Å². The average Bonchev–Trinajstić information content (AvgIpc) is 2.59. The number of aliphatic hydroxyl groups excluding tert-OH is 1. The van der Waals surface area contributed by atoms with Crippen molar-refractivity contribution in [2.75, 3.05) is 5.73 Å². The first-order valence-electron chi connectivity index (χ1n) is 6.76. The highest BCUT2D eigenvalue weighted by Crippen LogP contribution is 2.27. The Morgan fingerprint density at radius 3 is 2.67 bits per heavy atom. The number of anilines is 1. The number of nitrogens with one attached hydrogen (secondary N) is 1. The molecule has 21 heavy (non-hydrogen) atoms. The number of hydrogen-bond acceptors (Lipinski definition) is 4. The molecule has 2 rings (SSSR count). The predicted octanol–water partition coefficient (Wildman–Crippen LogP) is 2.14. The minimum Gasteiger partial charge on any atom is -0.398 e. The summed E-state index contributed by atoms with van der Waals surface area (Å²) in [6.07, 6.45) is 2.97. The zero-order valence-corrected chi connectivity index (χ0v) is 13.8. The molecule has 1 saturated carbocycles. The van der Waals surface area contributed by atoms with Crippen molar-refractivity contribution >= 4 is 31.6 Å². The Bertz CT molecular complexity index is 624. The van der Waals surface area contributed by atoms with Crippen molar-refractivity contribution in [2.24, 2.45) is 0 Å². The summed E-state index contributed by atoms with van der Waals surface area (Å²) in [4.78, 5) is -0.500. The quantitative estimate of drug-likeness (QED) is 0.553. The molecule has 0 aromatic heterocycles. The second kappa shape index (κ2) is 6.60. The van der Waals surface area contributed by atoms with E-state index in [1.54, 1.807) is 0 Å². The van der Waals surface area contributed by atoms with Gasteiger partial charge in [0.1, 0.15) is 10.7 Å². The highest BCUT2D eigenvalue weighted by Gasteiger charge is 2.29. The Morgan fingerprint density at radius 2 is 1.95 bits per heavy atom. The molecule has 0 amide bonds. The van der Waals surface area contributed by atoms with Gasteiger partial charge in [0.25, 0.3) is 0 Å². The molecule has 8 heteroatoms. The third kappa shape index (κ3) is 3.94. The summed E-state index contributed by atoms with van der Waals surface area (Å²) < 4.78 is 41.2. The van der Waals surface area contributed by atoms with Gasteiger partial charge in [0, 0.05) is 16.2 Å². The molecule has 0 saturated heterocycles. The van der Waals surface area contributed by atoms with Crippen LogP contribution in [-0.4, -0.2) is 25.7 Å². The molecule has 0 spiro atoms. The monoisotopic (exact) mass is 380 g/mol. The van der Waals surface area contributed by atoms with Gasteiger partial charge < -0.3 is 10.8 Å². The summed E-state index contributed by atoms with van der Waals surface area (Å²) in [6, 6.07) is 1.50. The standard InChI is InChI=1S/C13H18BrFN2O3S/c14-8-6-9(15)13(7-10(8)16)21(19,20)17-11-4-2-1-3-5-12(11)18/h6-7,11-12,17-18H,1-5,16H2. The lowest BCUT2D eigenvalue weighted by atomic mass is 10.1. The van der Waals surface area contributed by atoms with E-state index in [0.29, 0.717) is 17.3 Å². The van der Waals surface area contributed by atoms with Gasteiger partial charge in [-0.1, -0.05) is 19.3 Å². The van der Waals surface area contributed by atoms with Crippen molar-refractivity contribution in [1.82, 2.24) is 4.72 Å². The molecule has 1 aromatic rings. The maximum Gasteiger partial charge on any atom is 0.243 e. The van der Waals surface area contributed by atoms with Gasteiger partial charge >= 0.3 is 0 Å². The van der Waals surface area contributed by atoms with Crippen molar-refractivity contribution in [3.05, 3.63) is 22.4 Å². The fourth-order valence-corrected chi connectivity index (χ4v) is 4.15. The predicted molar refractivity (Wildman–Crippen MR) is 81.7 cm³/mol. The molecule has 5 nitrogen and oxygen atoms in total. The van der Waals surface area contributed by atoms with Gasteiger partial charge in [0.15, 0.2) is 0 Å². The zero-order chi connectivity index (χ0) is 15.6. The van der Waals surface area contributed by atoms with Crippen LogP contribution in [0.25, 0.3) is 0 Å². The molecule has 2 unspecified atom stereocenters. The minimum atomic E-state index is -4.06. The number of rotatable bonds is 3. The number of hydrogen-bond donors (Lipinski definition) is 3. The van der Waals surface area contributed by atoms with E-state index in [0.717, 1.165) is 31.4 Å². The number of nitrogens with two attached hydrogens (primary N) is 1. The van der Waals surface area contributed by atoms with E-state index in [1.165, 1.54) is 0 Å². The first kappa shape index (κ1) is 16.7. The first-order chi connectivity index (χ1) is 9.81. The molecular weight excluding hydrogens is 363 g/mol. The Balaban J connectivity index is 2.27. The topological polar surface area (TPSA) is 92.4 Å². The SMILES string of the molecule is Nc1cc(S(=O)(=O)NC2CCCCCC2O)c(F)cc1Br. The van der Waals surface area contributed by atoms with E-state index in [1.807, 2.05) is 0 Å². The van der Waals surface area contributed by atoms with Crippen molar-refractivity contribution in [3.63, 3.8) is 0 Å². The Labute approximate surface area is 131 Å². The van der Waals surface area contributed by atoms with Gasteiger partial charge in [-0.05, 0) is 40.9 Å². The second-order valence-electron chi connectivity index (χ2n) is 5.24. The fraction of sp³-hybridized carbons (Fsp3) is 0.538. The second-order valence-corrected chi connectivity index (χ2v) is 7.77. The minimum absolute atomic E-state index is 0.137. The van der Waals surface area contributed by atoms with Crippen LogP contribution in [-0.2, 0) is 10.0 Å². The molecule has 1 fully saturated rings. The number of nitrogen functional groups attached to an aromatic ring is 1. The molecule has 0 aliphatic heterocycles. The summed E-state index contributed by atoms with van der Waals surface area (Å²) in [6.45, 7) is 0. The van der Waals surface area contributed by atoms with Crippen LogP contribution in [0.15, 0.2) is 21.5 Å². The number of sulfonamides is 1. The van der Waals surface area contributed by atoms with Gasteiger partial charge in [-0.15, -0.1) is 0 Å². The molecule has 1 aromatic carbocycles. The van der Waals surface area contributed by atoms with Gasteiger partial charge in [0.2, 0.25) is 10.0 Å². The zero-order valence-electron chi connectivity index (χ0n) is 11.4. The van der Waals surface area contributed by atoms with Gasteiger partial charge in [0.05, 0.1) is 6.10 Å². The molecule has 0 heterocycles. The molecule has 118 valence electrons. The fourth-order valence-electron chi connectivity index (χ4n) is 2.44. The summed E-state index contributed by atoms with van der Waals surface area (Å²) in [5.74, 6) is -0.883. The van der Waals surface area contributed by atoms with Crippen LogP contribution in [0.5, 0.6) is 0 Å². The summed E-state index contributed by atoms with van der Waals surface area (Å²) in [5, 5.41) is 9.97. The summed E-state index contributed by atoms with van der Waals surface area (Å²) in [7, 11) is -4.06. The third-order valence-corrected chi connectivity index (χ3v) is 5.82. The van der Waals surface area contributed by atoms with Crippen LogP contribution in [0.3, 0.4) is 0 Å². The van der Waals surface area contributed by atoms with E-state index >= 15 is 0 Å². The molecule has 0 bridgehead atoms. The van der Waals surface area contributed by atoms with Gasteiger partial charge in [-0.25, -0.2) is 17.5 Å². The van der Waals surface area contributed by atoms with Crippen LogP contribution in [0.2, 0.25) is 0 Å². The molecule has 0 radical (unpaired) electrons. The first-order valence-corrected chi connectivity index (χ1v) is 9.04. The van der Waals surface area contributed by atoms with Gasteiger partial charge in [-0.2, -0.15) is 0 Å². The summed E-state index contributed by atoms with van der Waals surface area (Å²) in [5.41, 5.74) is 5.75. The van der Waals surface area contributed by atoms with Crippen LogP contribution >= 0.6 is 15.9 Å². The van der Waals surface area contributed by atoms with Crippen LogP contribution < -0.4 is 10.5 Å². The van der Waals surface area contributed by atoms with Crippen molar-refractivity contribution in [2.45, 2.75) is 49.1 Å². The smallest absolute Gasteiger partial charge is 0.243 e. The Kier molecular flexibility index (Phi) is 5.24. The number of halogens is 2. The lowest BCUT2D eigenvalue weighted by Gasteiger charge is -2.22. The van der Waals surface area contributed by atoms with Crippen LogP contribution in [0.4, 0.5) is 10.1 Å². The number of benzene rings is 1. The highest BCUT2D eigenvalue weighted by atomic mass is 79.9. The molecular formula is C13H18BrFN2O3S. The molecule has 2 atom stereocenters. The van der Waals surface area contributed by atoms with Crippen LogP contribution in [0, 0.1) is 5.82 Å².